The summed E-state index contributed by atoms with van der Waals surface area (Å²) in [5.41, 5.74) is -0.0974. The first kappa shape index (κ1) is 14.6. The van der Waals surface area contributed by atoms with Crippen molar-refractivity contribution in [3.8, 4) is 0 Å². The summed E-state index contributed by atoms with van der Waals surface area (Å²) < 4.78 is 3.58. The Labute approximate surface area is 110 Å². The molecule has 0 aliphatic heterocycles. The summed E-state index contributed by atoms with van der Waals surface area (Å²) in [6, 6.07) is 0. The van der Waals surface area contributed by atoms with E-state index >= 15 is 0 Å². The van der Waals surface area contributed by atoms with Crippen molar-refractivity contribution < 1.29 is 14.7 Å². The topological polar surface area (TPSA) is 92.2 Å². The van der Waals surface area contributed by atoms with Crippen molar-refractivity contribution in [1.82, 2.24) is 14.9 Å². The molecular formula is C11H17N3O3S. The predicted molar refractivity (Wildman–Crippen MR) is 67.4 cm³/mol. The zero-order valence-electron chi connectivity index (χ0n) is 10.6. The summed E-state index contributed by atoms with van der Waals surface area (Å²) in [4.78, 5) is 23.1. The normalized spacial score (nSPS) is 13.1. The van der Waals surface area contributed by atoms with Crippen LogP contribution in [0.15, 0.2) is 6.20 Å². The lowest BCUT2D eigenvalue weighted by atomic mass is 9.84. The average molecular weight is 271 g/mol. The van der Waals surface area contributed by atoms with Gasteiger partial charge in [-0.1, -0.05) is 25.3 Å². The average Bonchev–Trinajstić information content (AvgIpc) is 2.75. The van der Waals surface area contributed by atoms with E-state index in [1.165, 1.54) is 6.20 Å². The van der Waals surface area contributed by atoms with Gasteiger partial charge in [-0.05, 0) is 23.4 Å². The lowest BCUT2D eigenvalue weighted by Crippen LogP contribution is -2.34. The van der Waals surface area contributed by atoms with Gasteiger partial charge < -0.3 is 10.4 Å². The van der Waals surface area contributed by atoms with Crippen LogP contribution in [0.25, 0.3) is 0 Å². The Bertz CT molecular complexity index is 412. The number of nitrogens with one attached hydrogen (secondary N) is 1. The largest absolute Gasteiger partial charge is 0.481 e. The van der Waals surface area contributed by atoms with Crippen molar-refractivity contribution in [2.24, 2.45) is 11.3 Å². The van der Waals surface area contributed by atoms with Crippen LogP contribution >= 0.6 is 11.5 Å². The second-order valence-corrected chi connectivity index (χ2v) is 6.08. The first-order valence-electron chi connectivity index (χ1n) is 5.58. The van der Waals surface area contributed by atoms with E-state index < -0.39 is 11.9 Å². The number of carbonyl (C=O) groups excluding carboxylic acids is 1. The van der Waals surface area contributed by atoms with Crippen molar-refractivity contribution in [2.45, 2.75) is 27.2 Å². The van der Waals surface area contributed by atoms with Gasteiger partial charge in [-0.3, -0.25) is 9.59 Å². The smallest absolute Gasteiger partial charge is 0.308 e. The fourth-order valence-corrected chi connectivity index (χ4v) is 1.99. The molecule has 0 spiro atoms. The Kier molecular flexibility index (Phi) is 4.77. The zero-order chi connectivity index (χ0) is 13.8. The summed E-state index contributed by atoms with van der Waals surface area (Å²) in [7, 11) is 0. The maximum Gasteiger partial charge on any atom is 0.308 e. The molecule has 0 bridgehead atoms. The van der Waals surface area contributed by atoms with Gasteiger partial charge in [-0.2, -0.15) is 0 Å². The molecule has 1 rings (SSSR count). The highest BCUT2D eigenvalue weighted by molar-refractivity contribution is 7.07. The number of nitrogens with zero attached hydrogens (tertiary/aromatic N) is 2. The van der Waals surface area contributed by atoms with Gasteiger partial charge in [0.1, 0.15) is 4.88 Å². The number of aliphatic carboxylic acids is 1. The zero-order valence-corrected chi connectivity index (χ0v) is 11.5. The van der Waals surface area contributed by atoms with Crippen LogP contribution in [0.5, 0.6) is 0 Å². The van der Waals surface area contributed by atoms with E-state index in [2.05, 4.69) is 14.9 Å². The van der Waals surface area contributed by atoms with Crippen LogP contribution in [-0.2, 0) is 4.79 Å². The van der Waals surface area contributed by atoms with Crippen LogP contribution in [0.4, 0.5) is 0 Å². The molecule has 1 heterocycles. The van der Waals surface area contributed by atoms with Crippen molar-refractivity contribution in [2.75, 3.05) is 6.54 Å². The molecule has 1 unspecified atom stereocenters. The Morgan fingerprint density at radius 2 is 2.17 bits per heavy atom. The first-order chi connectivity index (χ1) is 8.29. The first-order valence-corrected chi connectivity index (χ1v) is 6.35. The fourth-order valence-electron chi connectivity index (χ4n) is 1.56. The van der Waals surface area contributed by atoms with Crippen LogP contribution in [0.1, 0.15) is 36.9 Å². The Morgan fingerprint density at radius 1 is 1.50 bits per heavy atom. The molecular weight excluding hydrogens is 254 g/mol. The molecule has 0 aromatic carbocycles. The maximum absolute atomic E-state index is 11.6. The van der Waals surface area contributed by atoms with Gasteiger partial charge in [-0.25, -0.2) is 0 Å². The molecule has 1 aromatic rings. The highest BCUT2D eigenvalue weighted by Gasteiger charge is 2.25. The van der Waals surface area contributed by atoms with Gasteiger partial charge in [0.05, 0.1) is 12.1 Å². The number of hydrogen-bond acceptors (Lipinski definition) is 5. The highest BCUT2D eigenvalue weighted by Crippen LogP contribution is 2.24. The number of rotatable bonds is 5. The highest BCUT2D eigenvalue weighted by atomic mass is 32.1. The summed E-state index contributed by atoms with van der Waals surface area (Å²) >= 11 is 0.984. The third kappa shape index (κ3) is 4.79. The number of amides is 1. The van der Waals surface area contributed by atoms with Gasteiger partial charge in [0.25, 0.3) is 5.91 Å². The van der Waals surface area contributed by atoms with Gasteiger partial charge in [0, 0.05) is 6.54 Å². The van der Waals surface area contributed by atoms with E-state index in [1.807, 2.05) is 20.8 Å². The lowest BCUT2D eigenvalue weighted by molar-refractivity contribution is -0.142. The Morgan fingerprint density at radius 3 is 2.61 bits per heavy atom. The molecule has 1 atom stereocenters. The van der Waals surface area contributed by atoms with Crippen LogP contribution in [0.3, 0.4) is 0 Å². The maximum atomic E-state index is 11.6. The minimum Gasteiger partial charge on any atom is -0.481 e. The molecule has 1 amide bonds. The standard InChI is InChI=1S/C11H17N3O3S/c1-11(2,3)4-7(10(16)17)5-12-9(15)8-6-13-14-18-8/h6-7H,4-5H2,1-3H3,(H,12,15)(H,16,17). The van der Waals surface area contributed by atoms with Crippen LogP contribution in [0, 0.1) is 11.3 Å². The number of carboxylic acid groups (broad SMARTS) is 1. The summed E-state index contributed by atoms with van der Waals surface area (Å²) in [6.07, 6.45) is 1.86. The van der Waals surface area contributed by atoms with E-state index in [1.54, 1.807) is 0 Å². The molecule has 7 heteroatoms. The predicted octanol–water partition coefficient (Wildman–Crippen LogP) is 1.40. The molecule has 0 saturated heterocycles. The second kappa shape index (κ2) is 5.90. The lowest BCUT2D eigenvalue weighted by Gasteiger charge is -2.23. The summed E-state index contributed by atoms with van der Waals surface area (Å²) in [5, 5.41) is 15.3. The van der Waals surface area contributed by atoms with Crippen molar-refractivity contribution in [1.29, 1.82) is 0 Å². The number of aromatic nitrogens is 2. The van der Waals surface area contributed by atoms with Gasteiger partial charge >= 0.3 is 5.97 Å². The van der Waals surface area contributed by atoms with Gasteiger partial charge in [0.15, 0.2) is 0 Å². The monoisotopic (exact) mass is 271 g/mol. The minimum atomic E-state index is -0.896. The number of carbonyl (C=O) groups is 2. The molecule has 0 fully saturated rings. The quantitative estimate of drug-likeness (QED) is 0.844. The molecule has 1 aromatic heterocycles. The van der Waals surface area contributed by atoms with Crippen molar-refractivity contribution >= 4 is 23.4 Å². The SMILES string of the molecule is CC(C)(C)CC(CNC(=O)c1cnns1)C(=O)O. The third-order valence-electron chi connectivity index (χ3n) is 2.30. The third-order valence-corrected chi connectivity index (χ3v) is 2.97. The number of hydrogen-bond donors (Lipinski definition) is 2. The Balaban J connectivity index is 2.53. The fraction of sp³-hybridized carbons (Fsp3) is 0.636. The molecule has 2 N–H and O–H groups in total. The van der Waals surface area contributed by atoms with Gasteiger partial charge in [0.2, 0.25) is 0 Å². The van der Waals surface area contributed by atoms with E-state index in [0.29, 0.717) is 11.3 Å². The van der Waals surface area contributed by atoms with Crippen LogP contribution < -0.4 is 5.32 Å². The molecule has 6 nitrogen and oxygen atoms in total. The van der Waals surface area contributed by atoms with E-state index in [-0.39, 0.29) is 17.9 Å². The Hall–Kier alpha value is -1.50. The molecule has 0 aliphatic rings. The molecule has 0 aliphatic carbocycles. The summed E-state index contributed by atoms with van der Waals surface area (Å²) in [6.45, 7) is 6.02. The molecule has 0 radical (unpaired) electrons. The number of carboxylic acids is 1. The van der Waals surface area contributed by atoms with Crippen LogP contribution in [0.2, 0.25) is 0 Å². The summed E-state index contributed by atoms with van der Waals surface area (Å²) in [5.74, 6) is -1.81. The molecule has 18 heavy (non-hydrogen) atoms. The minimum absolute atomic E-state index is 0.0974. The van der Waals surface area contributed by atoms with Gasteiger partial charge in [-0.15, -0.1) is 5.10 Å². The van der Waals surface area contributed by atoms with E-state index in [0.717, 1.165) is 11.5 Å². The second-order valence-electron chi connectivity index (χ2n) is 5.29. The van der Waals surface area contributed by atoms with E-state index in [4.69, 9.17) is 5.11 Å². The van der Waals surface area contributed by atoms with Crippen molar-refractivity contribution in [3.63, 3.8) is 0 Å². The van der Waals surface area contributed by atoms with Crippen LogP contribution in [-0.4, -0.2) is 33.1 Å². The molecule has 0 saturated carbocycles. The van der Waals surface area contributed by atoms with Crippen molar-refractivity contribution in [3.05, 3.63) is 11.1 Å². The van der Waals surface area contributed by atoms with E-state index in [9.17, 15) is 9.59 Å². The molecule has 100 valence electrons.